The average molecular weight is 495 g/mol. The fourth-order valence-electron chi connectivity index (χ4n) is 3.22. The van der Waals surface area contributed by atoms with Crippen molar-refractivity contribution in [2.45, 2.75) is 19.6 Å². The van der Waals surface area contributed by atoms with Crippen molar-refractivity contribution in [1.29, 1.82) is 0 Å². The van der Waals surface area contributed by atoms with Gasteiger partial charge >= 0.3 is 11.9 Å². The van der Waals surface area contributed by atoms with E-state index in [2.05, 4.69) is 5.32 Å². The Kier molecular flexibility index (Phi) is 9.02. The van der Waals surface area contributed by atoms with Gasteiger partial charge in [0.1, 0.15) is 23.1 Å². The number of thiocarbonyl (C=S) groups is 1. The number of benzene rings is 3. The molecule has 0 aliphatic heterocycles. The summed E-state index contributed by atoms with van der Waals surface area (Å²) in [4.78, 5) is 24.3. The maximum Gasteiger partial charge on any atom is 0.344 e. The summed E-state index contributed by atoms with van der Waals surface area (Å²) in [6, 6.07) is 19.9. The van der Waals surface area contributed by atoms with E-state index >= 15 is 0 Å². The highest BCUT2D eigenvalue weighted by Crippen LogP contribution is 2.32. The minimum absolute atomic E-state index is 0.211. The Morgan fingerprint density at radius 2 is 1.74 bits per heavy atom. The number of ether oxygens (including phenoxy) is 3. The van der Waals surface area contributed by atoms with Crippen LogP contribution in [0.25, 0.3) is 0 Å². The van der Waals surface area contributed by atoms with Crippen molar-refractivity contribution in [3.05, 3.63) is 89.5 Å². The lowest BCUT2D eigenvalue weighted by molar-refractivity contribution is -0.145. The van der Waals surface area contributed by atoms with Crippen LogP contribution in [0, 0.1) is 0 Å². The third kappa shape index (κ3) is 7.44. The maximum absolute atomic E-state index is 12.3. The molecule has 0 spiro atoms. The molecule has 8 nitrogen and oxygen atoms in total. The molecule has 35 heavy (non-hydrogen) atoms. The highest BCUT2D eigenvalue weighted by atomic mass is 32.1. The first-order valence-corrected chi connectivity index (χ1v) is 11.3. The molecule has 0 aromatic heterocycles. The summed E-state index contributed by atoms with van der Waals surface area (Å²) in [5.41, 5.74) is 8.07. The number of carbonyl (C=O) groups is 2. The molecule has 3 aromatic carbocycles. The number of hydrogen-bond donors (Lipinski definition) is 3. The molecule has 3 rings (SSSR count). The smallest absolute Gasteiger partial charge is 0.344 e. The van der Waals surface area contributed by atoms with Gasteiger partial charge in [-0.15, -0.1) is 0 Å². The molecule has 9 heteroatoms. The molecule has 0 saturated heterocycles. The van der Waals surface area contributed by atoms with E-state index in [1.165, 1.54) is 0 Å². The summed E-state index contributed by atoms with van der Waals surface area (Å²) in [7, 11) is 0. The van der Waals surface area contributed by atoms with Crippen molar-refractivity contribution in [3.8, 4) is 11.5 Å². The van der Waals surface area contributed by atoms with E-state index in [1.807, 2.05) is 30.3 Å². The van der Waals surface area contributed by atoms with Crippen LogP contribution in [0.2, 0.25) is 0 Å². The molecule has 0 aliphatic carbocycles. The molecule has 0 radical (unpaired) electrons. The third-order valence-electron chi connectivity index (χ3n) is 4.92. The standard InChI is InChI=1S/C26H26N2O6S/c1-2-32-23(29)16-34-22-13-12-20(33-15-17-6-4-3-5-7-17)14-21(22)24(26(30)31)28-19-10-8-18(9-11-19)25(27)35/h3-14,24,28H,2,15-16H2,1H3,(H2,27,35)(H,30,31). The van der Waals surface area contributed by atoms with Crippen LogP contribution >= 0.6 is 12.2 Å². The fraction of sp³-hybridized carbons (Fsp3) is 0.192. The van der Waals surface area contributed by atoms with E-state index in [0.29, 0.717) is 23.6 Å². The quantitative estimate of drug-likeness (QED) is 0.253. The predicted octanol–water partition coefficient (Wildman–Crippen LogP) is 4.08. The zero-order valence-electron chi connectivity index (χ0n) is 19.1. The van der Waals surface area contributed by atoms with Gasteiger partial charge < -0.3 is 30.4 Å². The van der Waals surface area contributed by atoms with Crippen LogP contribution in [0.15, 0.2) is 72.8 Å². The number of nitrogens with one attached hydrogen (secondary N) is 1. The first-order chi connectivity index (χ1) is 16.9. The molecular weight excluding hydrogens is 468 g/mol. The number of anilines is 1. The summed E-state index contributed by atoms with van der Waals surface area (Å²) < 4.78 is 16.4. The Hall–Kier alpha value is -4.11. The number of rotatable bonds is 12. The topological polar surface area (TPSA) is 120 Å². The average Bonchev–Trinajstić information content (AvgIpc) is 2.86. The Balaban J connectivity index is 1.89. The molecule has 182 valence electrons. The van der Waals surface area contributed by atoms with E-state index in [0.717, 1.165) is 5.56 Å². The largest absolute Gasteiger partial charge is 0.489 e. The van der Waals surface area contributed by atoms with E-state index in [9.17, 15) is 14.7 Å². The highest BCUT2D eigenvalue weighted by molar-refractivity contribution is 7.80. The highest BCUT2D eigenvalue weighted by Gasteiger charge is 2.25. The molecule has 0 heterocycles. The van der Waals surface area contributed by atoms with E-state index in [4.69, 9.17) is 32.2 Å². The summed E-state index contributed by atoms with van der Waals surface area (Å²) in [5, 5.41) is 13.0. The number of carbonyl (C=O) groups excluding carboxylic acids is 1. The summed E-state index contributed by atoms with van der Waals surface area (Å²) in [6.45, 7) is 1.84. The van der Waals surface area contributed by atoms with Crippen LogP contribution in [0.3, 0.4) is 0 Å². The molecule has 0 aliphatic rings. The van der Waals surface area contributed by atoms with Gasteiger partial charge in [-0.2, -0.15) is 0 Å². The predicted molar refractivity (Wildman–Crippen MR) is 136 cm³/mol. The second-order valence-electron chi connectivity index (χ2n) is 7.42. The molecular formula is C26H26N2O6S. The van der Waals surface area contributed by atoms with Gasteiger partial charge in [0.25, 0.3) is 0 Å². The van der Waals surface area contributed by atoms with Gasteiger partial charge in [-0.3, -0.25) is 0 Å². The molecule has 3 aromatic rings. The van der Waals surface area contributed by atoms with E-state index < -0.39 is 18.0 Å². The third-order valence-corrected chi connectivity index (χ3v) is 5.15. The van der Waals surface area contributed by atoms with Crippen LogP contribution in [0.5, 0.6) is 11.5 Å². The SMILES string of the molecule is CCOC(=O)COc1ccc(OCc2ccccc2)cc1C(Nc1ccc(C(N)=S)cc1)C(=O)O. The van der Waals surface area contributed by atoms with Gasteiger partial charge in [0.15, 0.2) is 12.6 Å². The van der Waals surface area contributed by atoms with Gasteiger partial charge in [0.05, 0.1) is 6.61 Å². The minimum atomic E-state index is -1.21. The van der Waals surface area contributed by atoms with Crippen LogP contribution in [0.1, 0.15) is 29.7 Å². The molecule has 1 atom stereocenters. The number of carboxylic acids is 1. The molecule has 0 saturated carbocycles. The fourth-order valence-corrected chi connectivity index (χ4v) is 3.36. The van der Waals surface area contributed by atoms with Crippen molar-refractivity contribution in [1.82, 2.24) is 0 Å². The normalized spacial score (nSPS) is 11.2. The van der Waals surface area contributed by atoms with Crippen LogP contribution in [-0.2, 0) is 20.9 Å². The zero-order chi connectivity index (χ0) is 25.2. The number of esters is 1. The van der Waals surface area contributed by atoms with E-state index in [-0.39, 0.29) is 29.5 Å². The number of hydrogen-bond acceptors (Lipinski definition) is 7. The zero-order valence-corrected chi connectivity index (χ0v) is 19.9. The monoisotopic (exact) mass is 494 g/mol. The van der Waals surface area contributed by atoms with Gasteiger partial charge in [-0.25, -0.2) is 9.59 Å². The number of carboxylic acid groups (broad SMARTS) is 1. The Morgan fingerprint density at radius 3 is 2.37 bits per heavy atom. The lowest BCUT2D eigenvalue weighted by atomic mass is 10.0. The van der Waals surface area contributed by atoms with Crippen molar-refractivity contribution < 1.29 is 28.9 Å². The van der Waals surface area contributed by atoms with Crippen molar-refractivity contribution >= 4 is 34.8 Å². The van der Waals surface area contributed by atoms with Crippen molar-refractivity contribution in [3.63, 3.8) is 0 Å². The molecule has 1 unspecified atom stereocenters. The molecule has 4 N–H and O–H groups in total. The van der Waals surface area contributed by atoms with E-state index in [1.54, 1.807) is 49.4 Å². The second-order valence-corrected chi connectivity index (χ2v) is 7.86. The number of nitrogens with two attached hydrogens (primary N) is 1. The number of aliphatic carboxylic acids is 1. The van der Waals surface area contributed by atoms with Gasteiger partial charge in [-0.05, 0) is 55.0 Å². The van der Waals surface area contributed by atoms with Crippen LogP contribution in [-0.4, -0.2) is 35.2 Å². The molecule has 0 fully saturated rings. The molecule has 0 amide bonds. The first kappa shape index (κ1) is 25.5. The van der Waals surface area contributed by atoms with Gasteiger partial charge in [0.2, 0.25) is 0 Å². The van der Waals surface area contributed by atoms with Crippen molar-refractivity contribution in [2.75, 3.05) is 18.5 Å². The van der Waals surface area contributed by atoms with Gasteiger partial charge in [-0.1, -0.05) is 42.5 Å². The Labute approximate surface area is 208 Å². The summed E-state index contributed by atoms with van der Waals surface area (Å²) in [6.07, 6.45) is 0. The Morgan fingerprint density at radius 1 is 1.03 bits per heavy atom. The maximum atomic E-state index is 12.3. The first-order valence-electron chi connectivity index (χ1n) is 10.9. The summed E-state index contributed by atoms with van der Waals surface area (Å²) in [5.74, 6) is -1.05. The minimum Gasteiger partial charge on any atom is -0.489 e. The lowest BCUT2D eigenvalue weighted by Crippen LogP contribution is -2.22. The summed E-state index contributed by atoms with van der Waals surface area (Å²) >= 11 is 4.97. The van der Waals surface area contributed by atoms with Gasteiger partial charge in [0, 0.05) is 16.8 Å². The van der Waals surface area contributed by atoms with Crippen LogP contribution < -0.4 is 20.5 Å². The van der Waals surface area contributed by atoms with Crippen LogP contribution in [0.4, 0.5) is 5.69 Å². The van der Waals surface area contributed by atoms with Crippen molar-refractivity contribution in [2.24, 2.45) is 5.73 Å². The Bertz CT molecular complexity index is 1170. The molecule has 0 bridgehead atoms. The lowest BCUT2D eigenvalue weighted by Gasteiger charge is -2.21. The second kappa shape index (κ2) is 12.4.